The number of rotatable bonds is 8. The van der Waals surface area contributed by atoms with Crippen molar-refractivity contribution in [3.05, 3.63) is 47.9 Å². The maximum Gasteiger partial charge on any atom is 0.134 e. The molecule has 2 aromatic rings. The van der Waals surface area contributed by atoms with Crippen LogP contribution >= 0.6 is 0 Å². The fraction of sp³-hybridized carbons (Fsp3) is 0.375. The largest absolute Gasteiger partial charge is 0.497 e. The number of nitrogens with one attached hydrogen (secondary N) is 2. The number of aliphatic hydroxyl groups excluding tert-OH is 1. The Morgan fingerprint density at radius 2 is 2.05 bits per heavy atom. The van der Waals surface area contributed by atoms with E-state index in [1.165, 1.54) is 6.33 Å². The Labute approximate surface area is 130 Å². The van der Waals surface area contributed by atoms with Gasteiger partial charge in [0.1, 0.15) is 17.9 Å². The molecule has 0 aliphatic rings. The van der Waals surface area contributed by atoms with Crippen LogP contribution < -0.4 is 15.4 Å². The van der Waals surface area contributed by atoms with Gasteiger partial charge >= 0.3 is 0 Å². The van der Waals surface area contributed by atoms with Crippen molar-refractivity contribution in [2.24, 2.45) is 0 Å². The lowest BCUT2D eigenvalue weighted by Crippen LogP contribution is -2.23. The summed E-state index contributed by atoms with van der Waals surface area (Å²) in [7, 11) is 1.65. The van der Waals surface area contributed by atoms with Gasteiger partial charge in [-0.25, -0.2) is 9.97 Å². The lowest BCUT2D eigenvalue weighted by Gasteiger charge is -2.17. The molecule has 0 fully saturated rings. The summed E-state index contributed by atoms with van der Waals surface area (Å²) in [5, 5.41) is 15.5. The van der Waals surface area contributed by atoms with Crippen molar-refractivity contribution in [1.29, 1.82) is 0 Å². The molecule has 1 aromatic carbocycles. The Balaban J connectivity index is 2.02. The van der Waals surface area contributed by atoms with Crippen LogP contribution in [-0.4, -0.2) is 35.3 Å². The Kier molecular flexibility index (Phi) is 6.12. The maximum absolute atomic E-state index is 8.91. The second-order valence-corrected chi connectivity index (χ2v) is 4.93. The minimum Gasteiger partial charge on any atom is -0.497 e. The number of nitrogens with zero attached hydrogens (tertiary/aromatic N) is 2. The monoisotopic (exact) mass is 302 g/mol. The number of hydrogen-bond donors (Lipinski definition) is 3. The second-order valence-electron chi connectivity index (χ2n) is 4.93. The van der Waals surface area contributed by atoms with Gasteiger partial charge in [-0.15, -0.1) is 0 Å². The first-order valence-electron chi connectivity index (χ1n) is 7.25. The van der Waals surface area contributed by atoms with Crippen molar-refractivity contribution in [2.45, 2.75) is 19.5 Å². The van der Waals surface area contributed by atoms with E-state index in [9.17, 15) is 0 Å². The Hall–Kier alpha value is -2.18. The molecular weight excluding hydrogens is 280 g/mol. The number of anilines is 1. The van der Waals surface area contributed by atoms with Crippen molar-refractivity contribution >= 4 is 5.82 Å². The molecule has 1 aromatic heterocycles. The minimum absolute atomic E-state index is 0.0618. The summed E-state index contributed by atoms with van der Waals surface area (Å²) in [6, 6.07) is 7.96. The summed E-state index contributed by atoms with van der Waals surface area (Å²) in [6.45, 7) is 3.33. The van der Waals surface area contributed by atoms with Crippen LogP contribution in [0.15, 0.2) is 36.8 Å². The van der Waals surface area contributed by atoms with Crippen LogP contribution in [0.25, 0.3) is 0 Å². The van der Waals surface area contributed by atoms with Crippen LogP contribution in [0.2, 0.25) is 0 Å². The molecule has 0 saturated carbocycles. The zero-order valence-electron chi connectivity index (χ0n) is 12.9. The van der Waals surface area contributed by atoms with E-state index in [4.69, 9.17) is 9.84 Å². The number of methoxy groups -OCH3 is 1. The molecule has 0 aliphatic carbocycles. The molecular formula is C16H22N4O2. The summed E-state index contributed by atoms with van der Waals surface area (Å²) in [5.74, 6) is 1.64. The molecule has 0 bridgehead atoms. The average molecular weight is 302 g/mol. The highest BCUT2D eigenvalue weighted by atomic mass is 16.5. The molecule has 1 unspecified atom stereocenters. The van der Waals surface area contributed by atoms with E-state index in [1.807, 2.05) is 31.2 Å². The molecule has 1 heterocycles. The van der Waals surface area contributed by atoms with Crippen molar-refractivity contribution in [2.75, 3.05) is 25.6 Å². The molecule has 0 spiro atoms. The minimum atomic E-state index is 0.0618. The van der Waals surface area contributed by atoms with Crippen LogP contribution in [0.4, 0.5) is 5.82 Å². The molecule has 0 radical (unpaired) electrons. The summed E-state index contributed by atoms with van der Waals surface area (Å²) >= 11 is 0. The summed E-state index contributed by atoms with van der Waals surface area (Å²) < 4.78 is 5.15. The third-order valence-corrected chi connectivity index (χ3v) is 3.39. The van der Waals surface area contributed by atoms with Gasteiger partial charge in [-0.1, -0.05) is 12.1 Å². The number of aliphatic hydroxyl groups is 1. The van der Waals surface area contributed by atoms with Gasteiger partial charge in [0.2, 0.25) is 0 Å². The predicted molar refractivity (Wildman–Crippen MR) is 85.9 cm³/mol. The molecule has 0 saturated heterocycles. The van der Waals surface area contributed by atoms with Gasteiger partial charge in [0.05, 0.1) is 13.7 Å². The van der Waals surface area contributed by atoms with E-state index in [2.05, 4.69) is 20.6 Å². The molecule has 6 heteroatoms. The van der Waals surface area contributed by atoms with Gasteiger partial charge in [0.25, 0.3) is 0 Å². The van der Waals surface area contributed by atoms with E-state index >= 15 is 0 Å². The van der Waals surface area contributed by atoms with Crippen molar-refractivity contribution in [1.82, 2.24) is 15.3 Å². The highest BCUT2D eigenvalue weighted by Gasteiger charge is 2.11. The molecule has 3 N–H and O–H groups in total. The van der Waals surface area contributed by atoms with Gasteiger partial charge in [-0.3, -0.25) is 0 Å². The number of aromatic nitrogens is 2. The summed E-state index contributed by atoms with van der Waals surface area (Å²) in [6.07, 6.45) is 3.32. The van der Waals surface area contributed by atoms with Gasteiger partial charge in [0.15, 0.2) is 0 Å². The van der Waals surface area contributed by atoms with Crippen molar-refractivity contribution in [3.8, 4) is 5.75 Å². The predicted octanol–water partition coefficient (Wildman–Crippen LogP) is 1.74. The Morgan fingerprint density at radius 3 is 2.73 bits per heavy atom. The molecule has 6 nitrogen and oxygen atoms in total. The normalized spacial score (nSPS) is 12.0. The zero-order chi connectivity index (χ0) is 15.8. The first-order chi connectivity index (χ1) is 10.7. The van der Waals surface area contributed by atoms with Crippen molar-refractivity contribution < 1.29 is 9.84 Å². The van der Waals surface area contributed by atoms with Crippen LogP contribution in [-0.2, 0) is 6.54 Å². The Bertz CT molecular complexity index is 575. The maximum atomic E-state index is 8.91. The average Bonchev–Trinajstić information content (AvgIpc) is 2.58. The Morgan fingerprint density at radius 1 is 1.27 bits per heavy atom. The fourth-order valence-corrected chi connectivity index (χ4v) is 2.13. The van der Waals surface area contributed by atoms with Gasteiger partial charge in [0, 0.05) is 30.9 Å². The molecule has 0 aliphatic heterocycles. The lowest BCUT2D eigenvalue weighted by atomic mass is 10.1. The van der Waals surface area contributed by atoms with Gasteiger partial charge < -0.3 is 20.5 Å². The number of ether oxygens (including phenoxy) is 1. The zero-order valence-corrected chi connectivity index (χ0v) is 12.9. The molecule has 22 heavy (non-hydrogen) atoms. The SMILES string of the molecule is COc1ccc(CNc2ncncc2C(C)NCCO)cc1. The van der Waals surface area contributed by atoms with Gasteiger partial charge in [-0.05, 0) is 24.6 Å². The third-order valence-electron chi connectivity index (χ3n) is 3.39. The quantitative estimate of drug-likeness (QED) is 0.689. The first kappa shape index (κ1) is 16.2. The van der Waals surface area contributed by atoms with E-state index < -0.39 is 0 Å². The van der Waals surface area contributed by atoms with E-state index in [1.54, 1.807) is 13.3 Å². The van der Waals surface area contributed by atoms with Crippen LogP contribution in [0, 0.1) is 0 Å². The third kappa shape index (κ3) is 4.41. The fourth-order valence-electron chi connectivity index (χ4n) is 2.13. The van der Waals surface area contributed by atoms with Crippen LogP contribution in [0.3, 0.4) is 0 Å². The van der Waals surface area contributed by atoms with Crippen LogP contribution in [0.1, 0.15) is 24.1 Å². The molecule has 118 valence electrons. The number of benzene rings is 1. The molecule has 0 amide bonds. The van der Waals surface area contributed by atoms with E-state index in [-0.39, 0.29) is 12.6 Å². The van der Waals surface area contributed by atoms with Gasteiger partial charge in [-0.2, -0.15) is 0 Å². The smallest absolute Gasteiger partial charge is 0.134 e. The van der Waals surface area contributed by atoms with E-state index in [0.717, 1.165) is 22.7 Å². The summed E-state index contributed by atoms with van der Waals surface area (Å²) in [4.78, 5) is 8.39. The van der Waals surface area contributed by atoms with Crippen molar-refractivity contribution in [3.63, 3.8) is 0 Å². The highest BCUT2D eigenvalue weighted by Crippen LogP contribution is 2.20. The van der Waals surface area contributed by atoms with Crippen LogP contribution in [0.5, 0.6) is 5.75 Å². The highest BCUT2D eigenvalue weighted by molar-refractivity contribution is 5.44. The second kappa shape index (κ2) is 8.31. The molecule has 1 atom stereocenters. The topological polar surface area (TPSA) is 79.3 Å². The standard InChI is InChI=1S/C16H22N4O2/c1-12(18-7-8-21)15-10-17-11-20-16(15)19-9-13-3-5-14(22-2)6-4-13/h3-6,10-12,18,21H,7-9H2,1-2H3,(H,17,19,20). The lowest BCUT2D eigenvalue weighted by molar-refractivity contribution is 0.286. The summed E-state index contributed by atoms with van der Waals surface area (Å²) in [5.41, 5.74) is 2.12. The first-order valence-corrected chi connectivity index (χ1v) is 7.25. The molecule has 2 rings (SSSR count). The number of hydrogen-bond acceptors (Lipinski definition) is 6. The van der Waals surface area contributed by atoms with E-state index in [0.29, 0.717) is 13.1 Å².